The summed E-state index contributed by atoms with van der Waals surface area (Å²) in [4.78, 5) is 0. The molecule has 0 unspecified atom stereocenters. The van der Waals surface area contributed by atoms with Crippen molar-refractivity contribution in [2.75, 3.05) is 6.61 Å². The second-order valence-corrected chi connectivity index (χ2v) is 4.79. The maximum atomic E-state index is 5.79. The van der Waals surface area contributed by atoms with E-state index in [0.717, 1.165) is 23.8 Å². The highest BCUT2D eigenvalue weighted by Gasteiger charge is 2.16. The van der Waals surface area contributed by atoms with Gasteiger partial charge in [0, 0.05) is 6.04 Å². The second-order valence-electron chi connectivity index (χ2n) is 4.79. The highest BCUT2D eigenvalue weighted by atomic mass is 16.5. The van der Waals surface area contributed by atoms with Gasteiger partial charge in [0.15, 0.2) is 0 Å². The molecule has 0 amide bonds. The fourth-order valence-corrected chi connectivity index (χ4v) is 1.99. The van der Waals surface area contributed by atoms with Gasteiger partial charge in [-0.3, -0.25) is 0 Å². The van der Waals surface area contributed by atoms with E-state index in [-0.39, 0.29) is 6.04 Å². The summed E-state index contributed by atoms with van der Waals surface area (Å²) in [6, 6.07) is 8.22. The maximum Gasteiger partial charge on any atom is 0.119 e. The van der Waals surface area contributed by atoms with E-state index in [0.29, 0.717) is 0 Å². The lowest BCUT2D eigenvalue weighted by Gasteiger charge is -2.25. The van der Waals surface area contributed by atoms with Crippen molar-refractivity contribution in [1.82, 2.24) is 0 Å². The molecule has 1 saturated carbocycles. The van der Waals surface area contributed by atoms with Gasteiger partial charge in [0.1, 0.15) is 5.75 Å². The quantitative estimate of drug-likeness (QED) is 0.824. The smallest absolute Gasteiger partial charge is 0.119 e. The molecule has 88 valence electrons. The van der Waals surface area contributed by atoms with E-state index in [1.54, 1.807) is 0 Å². The van der Waals surface area contributed by atoms with Gasteiger partial charge >= 0.3 is 0 Å². The Hall–Kier alpha value is -1.02. The van der Waals surface area contributed by atoms with Crippen LogP contribution in [0.3, 0.4) is 0 Å². The van der Waals surface area contributed by atoms with Crippen molar-refractivity contribution >= 4 is 0 Å². The molecule has 0 heterocycles. The van der Waals surface area contributed by atoms with Gasteiger partial charge in [-0.15, -0.1) is 0 Å². The molecular weight excluding hydrogens is 198 g/mol. The lowest BCUT2D eigenvalue weighted by Crippen LogP contribution is -2.14. The number of hydrogen-bond donors (Lipinski definition) is 1. The zero-order valence-electron chi connectivity index (χ0n) is 9.99. The molecule has 0 saturated heterocycles. The molecular formula is C14H21NO. The third kappa shape index (κ3) is 2.99. The molecule has 2 heteroatoms. The lowest BCUT2D eigenvalue weighted by molar-refractivity contribution is 0.222. The predicted octanol–water partition coefficient (Wildman–Crippen LogP) is 3.28. The first kappa shape index (κ1) is 11.5. The average molecular weight is 219 g/mol. The molecule has 2 N–H and O–H groups in total. The normalized spacial score (nSPS) is 17.9. The van der Waals surface area contributed by atoms with Crippen molar-refractivity contribution in [3.05, 3.63) is 29.8 Å². The van der Waals surface area contributed by atoms with Crippen molar-refractivity contribution in [1.29, 1.82) is 0 Å². The van der Waals surface area contributed by atoms with E-state index >= 15 is 0 Å². The monoisotopic (exact) mass is 219 g/mol. The van der Waals surface area contributed by atoms with Gasteiger partial charge in [-0.05, 0) is 37.0 Å². The van der Waals surface area contributed by atoms with Crippen LogP contribution in [-0.4, -0.2) is 6.61 Å². The second kappa shape index (κ2) is 5.35. The largest absolute Gasteiger partial charge is 0.494 e. The van der Waals surface area contributed by atoms with E-state index in [4.69, 9.17) is 10.5 Å². The molecule has 16 heavy (non-hydrogen) atoms. The zero-order chi connectivity index (χ0) is 11.4. The molecule has 0 radical (unpaired) electrons. The SMILES string of the molecule is C[C@H](N)c1ccc(OCCC2CCC2)cc1. The highest BCUT2D eigenvalue weighted by Crippen LogP contribution is 2.29. The minimum Gasteiger partial charge on any atom is -0.494 e. The van der Waals surface area contributed by atoms with Crippen LogP contribution in [-0.2, 0) is 0 Å². The third-order valence-electron chi connectivity index (χ3n) is 3.43. The van der Waals surface area contributed by atoms with Gasteiger partial charge in [0.25, 0.3) is 0 Å². The number of benzene rings is 1. The van der Waals surface area contributed by atoms with Crippen molar-refractivity contribution in [2.24, 2.45) is 11.7 Å². The Kier molecular flexibility index (Phi) is 3.83. The van der Waals surface area contributed by atoms with Crippen molar-refractivity contribution in [3.63, 3.8) is 0 Å². The van der Waals surface area contributed by atoms with Crippen LogP contribution in [0.1, 0.15) is 44.2 Å². The summed E-state index contributed by atoms with van der Waals surface area (Å²) in [6.45, 7) is 2.84. The van der Waals surface area contributed by atoms with Crippen LogP contribution in [0, 0.1) is 5.92 Å². The van der Waals surface area contributed by atoms with Crippen molar-refractivity contribution in [2.45, 2.75) is 38.6 Å². The fourth-order valence-electron chi connectivity index (χ4n) is 1.99. The van der Waals surface area contributed by atoms with Crippen LogP contribution >= 0.6 is 0 Å². The summed E-state index contributed by atoms with van der Waals surface area (Å²) >= 11 is 0. The summed E-state index contributed by atoms with van der Waals surface area (Å²) in [5.41, 5.74) is 6.95. The topological polar surface area (TPSA) is 35.2 Å². The molecule has 1 fully saturated rings. The molecule has 0 spiro atoms. The van der Waals surface area contributed by atoms with Crippen LogP contribution in [0.4, 0.5) is 0 Å². The van der Waals surface area contributed by atoms with E-state index in [9.17, 15) is 0 Å². The van der Waals surface area contributed by atoms with Gasteiger partial charge < -0.3 is 10.5 Å². The third-order valence-corrected chi connectivity index (χ3v) is 3.43. The first-order valence-corrected chi connectivity index (χ1v) is 6.24. The maximum absolute atomic E-state index is 5.79. The van der Waals surface area contributed by atoms with Crippen LogP contribution in [0.25, 0.3) is 0 Å². The lowest BCUT2D eigenvalue weighted by atomic mass is 9.83. The van der Waals surface area contributed by atoms with Gasteiger partial charge in [-0.2, -0.15) is 0 Å². The summed E-state index contributed by atoms with van der Waals surface area (Å²) in [5, 5.41) is 0. The molecule has 1 aromatic rings. The Morgan fingerprint density at radius 1 is 1.31 bits per heavy atom. The Morgan fingerprint density at radius 3 is 2.50 bits per heavy atom. The van der Waals surface area contributed by atoms with Gasteiger partial charge in [-0.25, -0.2) is 0 Å². The number of ether oxygens (including phenoxy) is 1. The van der Waals surface area contributed by atoms with E-state index in [1.165, 1.54) is 25.7 Å². The van der Waals surface area contributed by atoms with Gasteiger partial charge in [0.2, 0.25) is 0 Å². The summed E-state index contributed by atoms with van der Waals surface area (Å²) in [6.07, 6.45) is 5.41. The highest BCUT2D eigenvalue weighted by molar-refractivity contribution is 5.28. The van der Waals surface area contributed by atoms with Crippen LogP contribution in [0.15, 0.2) is 24.3 Å². The molecule has 1 atom stereocenters. The minimum atomic E-state index is 0.101. The number of nitrogens with two attached hydrogens (primary N) is 1. The van der Waals surface area contributed by atoms with Gasteiger partial charge in [-0.1, -0.05) is 31.4 Å². The van der Waals surface area contributed by atoms with E-state index in [2.05, 4.69) is 0 Å². The van der Waals surface area contributed by atoms with Crippen LogP contribution in [0.5, 0.6) is 5.75 Å². The van der Waals surface area contributed by atoms with Crippen LogP contribution in [0.2, 0.25) is 0 Å². The average Bonchev–Trinajstić information content (AvgIpc) is 2.22. The zero-order valence-corrected chi connectivity index (χ0v) is 9.99. The summed E-state index contributed by atoms with van der Waals surface area (Å²) in [7, 11) is 0. The molecule has 0 aliphatic heterocycles. The summed E-state index contributed by atoms with van der Waals surface area (Å²) in [5.74, 6) is 1.88. The predicted molar refractivity (Wildman–Crippen MR) is 66.5 cm³/mol. The van der Waals surface area contributed by atoms with E-state index < -0.39 is 0 Å². The van der Waals surface area contributed by atoms with E-state index in [1.807, 2.05) is 31.2 Å². The first-order chi connectivity index (χ1) is 7.75. The minimum absolute atomic E-state index is 0.101. The Morgan fingerprint density at radius 2 is 2.00 bits per heavy atom. The standard InChI is InChI=1S/C14H21NO/c1-11(15)13-5-7-14(8-6-13)16-10-9-12-3-2-4-12/h5-8,11-12H,2-4,9-10,15H2,1H3/t11-/m0/s1. The Bertz CT molecular complexity index is 314. The van der Waals surface area contributed by atoms with Crippen LogP contribution < -0.4 is 10.5 Å². The Balaban J connectivity index is 1.75. The van der Waals surface area contributed by atoms with Gasteiger partial charge in [0.05, 0.1) is 6.61 Å². The molecule has 0 bridgehead atoms. The fraction of sp³-hybridized carbons (Fsp3) is 0.571. The molecule has 2 nitrogen and oxygen atoms in total. The first-order valence-electron chi connectivity index (χ1n) is 6.24. The Labute approximate surface area is 97.8 Å². The molecule has 2 rings (SSSR count). The van der Waals surface area contributed by atoms with Crippen molar-refractivity contribution < 1.29 is 4.74 Å². The summed E-state index contributed by atoms with van der Waals surface area (Å²) < 4.78 is 5.71. The number of rotatable bonds is 5. The molecule has 1 aliphatic carbocycles. The molecule has 1 aromatic carbocycles. The van der Waals surface area contributed by atoms with Crippen molar-refractivity contribution in [3.8, 4) is 5.75 Å². The molecule has 1 aliphatic rings. The number of hydrogen-bond acceptors (Lipinski definition) is 2. The molecule has 0 aromatic heterocycles.